The smallest absolute Gasteiger partial charge is 0.233 e. The molecule has 0 bridgehead atoms. The van der Waals surface area contributed by atoms with Gasteiger partial charge >= 0.3 is 0 Å². The van der Waals surface area contributed by atoms with Crippen molar-refractivity contribution >= 4 is 17.7 Å². The SMILES string of the molecule is O=C1C2CCCCC2C(=O)N1CCC(=O)N1CCCC1CCc1ccccc1. The average Bonchev–Trinajstić information content (AvgIpc) is 3.29. The summed E-state index contributed by atoms with van der Waals surface area (Å²) in [5.74, 6) is -0.233. The molecule has 1 aromatic carbocycles. The van der Waals surface area contributed by atoms with Crippen LogP contribution in [0.15, 0.2) is 30.3 Å². The van der Waals surface area contributed by atoms with Gasteiger partial charge in [-0.1, -0.05) is 43.2 Å². The normalized spacial score (nSPS) is 27.4. The van der Waals surface area contributed by atoms with E-state index in [0.717, 1.165) is 57.9 Å². The topological polar surface area (TPSA) is 57.7 Å². The molecule has 3 atom stereocenters. The Balaban J connectivity index is 1.30. The summed E-state index contributed by atoms with van der Waals surface area (Å²) in [5.41, 5.74) is 1.30. The second-order valence-electron chi connectivity index (χ2n) is 8.48. The molecule has 150 valence electrons. The van der Waals surface area contributed by atoms with Gasteiger partial charge in [0.05, 0.1) is 11.8 Å². The Hall–Kier alpha value is -2.17. The minimum atomic E-state index is -0.123. The van der Waals surface area contributed by atoms with Gasteiger partial charge in [0.15, 0.2) is 0 Å². The number of hydrogen-bond donors (Lipinski definition) is 0. The van der Waals surface area contributed by atoms with E-state index in [0.29, 0.717) is 0 Å². The van der Waals surface area contributed by atoms with Gasteiger partial charge in [-0.3, -0.25) is 19.3 Å². The van der Waals surface area contributed by atoms with Gasteiger partial charge in [0, 0.05) is 25.6 Å². The highest BCUT2D eigenvalue weighted by Crippen LogP contribution is 2.38. The maximum Gasteiger partial charge on any atom is 0.233 e. The number of benzene rings is 1. The van der Waals surface area contributed by atoms with Crippen LogP contribution in [0.3, 0.4) is 0 Å². The summed E-state index contributed by atoms with van der Waals surface area (Å²) < 4.78 is 0. The molecular formula is C23H30N2O3. The fourth-order valence-corrected chi connectivity index (χ4v) is 5.24. The second-order valence-corrected chi connectivity index (χ2v) is 8.48. The third kappa shape index (κ3) is 3.85. The number of likely N-dealkylation sites (tertiary alicyclic amines) is 2. The molecule has 2 saturated heterocycles. The first kappa shape index (κ1) is 19.2. The molecule has 3 unspecified atom stereocenters. The highest BCUT2D eigenvalue weighted by atomic mass is 16.2. The molecule has 28 heavy (non-hydrogen) atoms. The molecule has 1 saturated carbocycles. The standard InChI is InChI=1S/C23H30N2O3/c26-21(14-16-25-22(27)19-10-4-5-11-20(19)23(25)28)24-15-6-9-18(24)13-12-17-7-2-1-3-8-17/h1-3,7-8,18-20H,4-6,9-16H2. The Morgan fingerprint density at radius 2 is 1.61 bits per heavy atom. The summed E-state index contributed by atoms with van der Waals surface area (Å²) >= 11 is 0. The molecule has 1 aromatic rings. The minimum absolute atomic E-state index is 0.0375. The lowest BCUT2D eigenvalue weighted by molar-refractivity contribution is -0.141. The lowest BCUT2D eigenvalue weighted by atomic mass is 9.81. The van der Waals surface area contributed by atoms with Gasteiger partial charge in [-0.2, -0.15) is 0 Å². The number of carbonyl (C=O) groups is 3. The van der Waals surface area contributed by atoms with E-state index in [9.17, 15) is 14.4 Å². The number of amides is 3. The fraction of sp³-hybridized carbons (Fsp3) is 0.609. The van der Waals surface area contributed by atoms with Gasteiger partial charge in [0.25, 0.3) is 0 Å². The maximum atomic E-state index is 12.8. The number of rotatable bonds is 6. The molecule has 0 N–H and O–H groups in total. The van der Waals surface area contributed by atoms with Crippen molar-refractivity contribution in [2.75, 3.05) is 13.1 Å². The minimum Gasteiger partial charge on any atom is -0.340 e. The molecule has 3 amide bonds. The van der Waals surface area contributed by atoms with Crippen LogP contribution in [-0.2, 0) is 20.8 Å². The first-order chi connectivity index (χ1) is 13.6. The van der Waals surface area contributed by atoms with Gasteiger partial charge in [0.1, 0.15) is 0 Å². The average molecular weight is 383 g/mol. The molecule has 4 rings (SSSR count). The molecule has 0 spiro atoms. The Morgan fingerprint density at radius 1 is 0.929 bits per heavy atom. The Morgan fingerprint density at radius 3 is 2.29 bits per heavy atom. The zero-order valence-electron chi connectivity index (χ0n) is 16.5. The quantitative estimate of drug-likeness (QED) is 0.710. The van der Waals surface area contributed by atoms with Crippen LogP contribution in [0.25, 0.3) is 0 Å². The summed E-state index contributed by atoms with van der Waals surface area (Å²) in [7, 11) is 0. The second kappa shape index (κ2) is 8.46. The number of fused-ring (bicyclic) bond motifs is 1. The lowest BCUT2D eigenvalue weighted by Crippen LogP contribution is -2.39. The van der Waals surface area contributed by atoms with Gasteiger partial charge in [0.2, 0.25) is 17.7 Å². The summed E-state index contributed by atoms with van der Waals surface area (Å²) in [5, 5.41) is 0. The van der Waals surface area contributed by atoms with Crippen LogP contribution in [0, 0.1) is 11.8 Å². The molecule has 3 aliphatic rings. The van der Waals surface area contributed by atoms with Crippen molar-refractivity contribution in [1.82, 2.24) is 9.80 Å². The van der Waals surface area contributed by atoms with Crippen LogP contribution >= 0.6 is 0 Å². The number of carbonyl (C=O) groups excluding carboxylic acids is 3. The lowest BCUT2D eigenvalue weighted by Gasteiger charge is -2.26. The Bertz CT molecular complexity index is 709. The van der Waals surface area contributed by atoms with Gasteiger partial charge in [-0.25, -0.2) is 0 Å². The third-order valence-electron chi connectivity index (χ3n) is 6.79. The number of nitrogens with zero attached hydrogens (tertiary/aromatic N) is 2. The largest absolute Gasteiger partial charge is 0.340 e. The van der Waals surface area contributed by atoms with E-state index in [4.69, 9.17) is 0 Å². The zero-order chi connectivity index (χ0) is 19.5. The summed E-state index contributed by atoms with van der Waals surface area (Å²) in [6.45, 7) is 1.05. The van der Waals surface area contributed by atoms with E-state index in [-0.39, 0.29) is 48.6 Å². The van der Waals surface area contributed by atoms with Crippen LogP contribution in [0.5, 0.6) is 0 Å². The van der Waals surface area contributed by atoms with E-state index in [1.807, 2.05) is 11.0 Å². The van der Waals surface area contributed by atoms with Crippen molar-refractivity contribution < 1.29 is 14.4 Å². The monoisotopic (exact) mass is 382 g/mol. The molecular weight excluding hydrogens is 352 g/mol. The summed E-state index contributed by atoms with van der Waals surface area (Å²) in [6, 6.07) is 10.7. The highest BCUT2D eigenvalue weighted by Gasteiger charge is 2.48. The Labute approximate surface area is 167 Å². The first-order valence-corrected chi connectivity index (χ1v) is 10.8. The number of hydrogen-bond acceptors (Lipinski definition) is 3. The van der Waals surface area contributed by atoms with Crippen LogP contribution in [0.4, 0.5) is 0 Å². The van der Waals surface area contributed by atoms with Crippen molar-refractivity contribution in [3.8, 4) is 0 Å². The van der Waals surface area contributed by atoms with Crippen LogP contribution in [0.1, 0.15) is 56.9 Å². The van der Waals surface area contributed by atoms with Crippen molar-refractivity contribution in [3.05, 3.63) is 35.9 Å². The molecule has 5 heteroatoms. The molecule has 1 aliphatic carbocycles. The van der Waals surface area contributed by atoms with E-state index in [2.05, 4.69) is 24.3 Å². The van der Waals surface area contributed by atoms with E-state index >= 15 is 0 Å². The van der Waals surface area contributed by atoms with E-state index < -0.39 is 0 Å². The van der Waals surface area contributed by atoms with Crippen molar-refractivity contribution in [2.45, 2.75) is 63.8 Å². The molecule has 5 nitrogen and oxygen atoms in total. The zero-order valence-corrected chi connectivity index (χ0v) is 16.5. The fourth-order valence-electron chi connectivity index (χ4n) is 5.24. The maximum absolute atomic E-state index is 12.8. The van der Waals surface area contributed by atoms with Crippen LogP contribution in [-0.4, -0.2) is 46.7 Å². The molecule has 0 radical (unpaired) electrons. The van der Waals surface area contributed by atoms with Crippen molar-refractivity contribution in [1.29, 1.82) is 0 Å². The number of aryl methyl sites for hydroxylation is 1. The third-order valence-corrected chi connectivity index (χ3v) is 6.79. The summed E-state index contributed by atoms with van der Waals surface area (Å²) in [4.78, 5) is 41.4. The summed E-state index contributed by atoms with van der Waals surface area (Å²) in [6.07, 6.45) is 8.01. The molecule has 0 aromatic heterocycles. The molecule has 2 aliphatic heterocycles. The van der Waals surface area contributed by atoms with E-state index in [1.165, 1.54) is 10.5 Å². The van der Waals surface area contributed by atoms with E-state index in [1.54, 1.807) is 0 Å². The van der Waals surface area contributed by atoms with Gasteiger partial charge in [-0.15, -0.1) is 0 Å². The van der Waals surface area contributed by atoms with Crippen molar-refractivity contribution in [2.24, 2.45) is 11.8 Å². The molecule has 3 fully saturated rings. The first-order valence-electron chi connectivity index (χ1n) is 10.8. The van der Waals surface area contributed by atoms with Crippen molar-refractivity contribution in [3.63, 3.8) is 0 Å². The number of imide groups is 1. The van der Waals surface area contributed by atoms with Crippen LogP contribution in [0.2, 0.25) is 0 Å². The van der Waals surface area contributed by atoms with Crippen LogP contribution < -0.4 is 0 Å². The Kier molecular flexibility index (Phi) is 5.79. The van der Waals surface area contributed by atoms with Gasteiger partial charge < -0.3 is 4.90 Å². The highest BCUT2D eigenvalue weighted by molar-refractivity contribution is 6.05. The predicted octanol–water partition coefficient (Wildman–Crippen LogP) is 3.18. The predicted molar refractivity (Wildman–Crippen MR) is 106 cm³/mol. The molecule has 2 heterocycles. The van der Waals surface area contributed by atoms with Gasteiger partial charge in [-0.05, 0) is 44.1 Å².